The van der Waals surface area contributed by atoms with Crippen LogP contribution in [0.25, 0.3) is 10.9 Å². The number of amides is 3. The summed E-state index contributed by atoms with van der Waals surface area (Å²) in [6.07, 6.45) is 3.45. The predicted molar refractivity (Wildman–Crippen MR) is 232 cm³/mol. The number of primary amides is 1. The zero-order chi connectivity index (χ0) is 43.1. The lowest BCUT2D eigenvalue weighted by Crippen LogP contribution is -2.26. The first kappa shape index (κ1) is 41.7. The number of rotatable bonds is 14. The highest BCUT2D eigenvalue weighted by atomic mass is 32.2. The van der Waals surface area contributed by atoms with Crippen LogP contribution < -0.4 is 36.5 Å². The van der Waals surface area contributed by atoms with Gasteiger partial charge in [-0.2, -0.15) is 0 Å². The molecule has 7 rings (SSSR count). The van der Waals surface area contributed by atoms with E-state index in [0.29, 0.717) is 64.4 Å². The second kappa shape index (κ2) is 18.2. The SMILES string of the molecule is COc1cccc(Nc2c(C(N)=O)cnc3c(C)cc(S(=O)(=O)c4cccc(C(=O)Nc5ccc(C#CCCCNCCc6cc(O)cc7c6OCC(=O)N7)cc5)c4)cc23)c1. The summed E-state index contributed by atoms with van der Waals surface area (Å²) in [7, 11) is -2.64. The van der Waals surface area contributed by atoms with Crippen LogP contribution in [0.3, 0.4) is 0 Å². The molecule has 0 radical (unpaired) electrons. The molecule has 5 aromatic carbocycles. The smallest absolute Gasteiger partial charge is 0.262 e. The summed E-state index contributed by atoms with van der Waals surface area (Å²) in [5, 5.41) is 22.5. The Morgan fingerprint density at radius 3 is 2.56 bits per heavy atom. The van der Waals surface area contributed by atoms with E-state index < -0.39 is 21.7 Å². The summed E-state index contributed by atoms with van der Waals surface area (Å²) < 4.78 is 39.2. The maximum absolute atomic E-state index is 14.1. The van der Waals surface area contributed by atoms with E-state index in [1.54, 1.807) is 61.5 Å². The number of nitrogens with zero attached hydrogens (tertiary/aromatic N) is 1. The molecular weight excluding hydrogens is 797 g/mol. The zero-order valence-electron chi connectivity index (χ0n) is 33.3. The summed E-state index contributed by atoms with van der Waals surface area (Å²) in [5.41, 5.74) is 10.4. The van der Waals surface area contributed by atoms with E-state index in [2.05, 4.69) is 38.1 Å². The van der Waals surface area contributed by atoms with Gasteiger partial charge in [-0.15, -0.1) is 0 Å². The summed E-state index contributed by atoms with van der Waals surface area (Å²) in [5.74, 6) is 6.01. The molecule has 0 saturated heterocycles. The van der Waals surface area contributed by atoms with E-state index in [0.717, 1.165) is 24.1 Å². The molecule has 1 aliphatic heterocycles. The van der Waals surface area contributed by atoms with Gasteiger partial charge in [0.2, 0.25) is 9.84 Å². The average Bonchev–Trinajstić information content (AvgIpc) is 3.25. The van der Waals surface area contributed by atoms with Gasteiger partial charge in [0, 0.05) is 58.2 Å². The highest BCUT2D eigenvalue weighted by molar-refractivity contribution is 7.91. The third kappa shape index (κ3) is 9.73. The number of pyridine rings is 1. The Balaban J connectivity index is 0.969. The van der Waals surface area contributed by atoms with Gasteiger partial charge in [0.15, 0.2) is 6.61 Å². The van der Waals surface area contributed by atoms with Gasteiger partial charge >= 0.3 is 0 Å². The molecule has 0 bridgehead atoms. The van der Waals surface area contributed by atoms with Gasteiger partial charge in [-0.3, -0.25) is 19.4 Å². The molecule has 0 saturated carbocycles. The van der Waals surface area contributed by atoms with Crippen LogP contribution in [0.1, 0.15) is 50.2 Å². The summed E-state index contributed by atoms with van der Waals surface area (Å²) in [6.45, 7) is 3.06. The second-order valence-electron chi connectivity index (χ2n) is 14.2. The minimum Gasteiger partial charge on any atom is -0.508 e. The van der Waals surface area contributed by atoms with E-state index in [-0.39, 0.29) is 44.9 Å². The summed E-state index contributed by atoms with van der Waals surface area (Å²) in [4.78, 5) is 41.8. The van der Waals surface area contributed by atoms with Crippen LogP contribution in [0.2, 0.25) is 0 Å². The number of aromatic hydroxyl groups is 1. The fourth-order valence-electron chi connectivity index (χ4n) is 6.81. The van der Waals surface area contributed by atoms with Crippen molar-refractivity contribution >= 4 is 61.2 Å². The Morgan fingerprint density at radius 1 is 0.967 bits per heavy atom. The molecule has 1 aromatic heterocycles. The molecule has 3 amide bonds. The number of nitrogens with one attached hydrogen (secondary N) is 4. The van der Waals surface area contributed by atoms with Crippen molar-refractivity contribution in [2.45, 2.75) is 36.0 Å². The largest absolute Gasteiger partial charge is 0.508 e. The molecule has 2 heterocycles. The molecule has 0 aliphatic carbocycles. The fraction of sp³-hybridized carbons (Fsp3) is 0.174. The van der Waals surface area contributed by atoms with Crippen LogP contribution >= 0.6 is 0 Å². The summed E-state index contributed by atoms with van der Waals surface area (Å²) in [6, 6.07) is 25.9. The normalized spacial score (nSPS) is 12.0. The number of ether oxygens (including phenoxy) is 2. The molecule has 0 fully saturated rings. The number of methoxy groups -OCH3 is 1. The van der Waals surface area contributed by atoms with Crippen LogP contribution in [0.15, 0.2) is 113 Å². The number of anilines is 4. The number of nitrogens with two attached hydrogens (primary N) is 1. The molecule has 14 nitrogen and oxygen atoms in total. The number of hydrogen-bond donors (Lipinski definition) is 6. The Bertz CT molecular complexity index is 2850. The van der Waals surface area contributed by atoms with Crippen molar-refractivity contribution in [1.29, 1.82) is 0 Å². The number of aryl methyl sites for hydroxylation is 1. The summed E-state index contributed by atoms with van der Waals surface area (Å²) >= 11 is 0. The van der Waals surface area contributed by atoms with Crippen molar-refractivity contribution < 1.29 is 37.4 Å². The molecule has 0 unspecified atom stereocenters. The van der Waals surface area contributed by atoms with Crippen molar-refractivity contribution in [3.63, 3.8) is 0 Å². The maximum Gasteiger partial charge on any atom is 0.262 e. The van der Waals surface area contributed by atoms with Crippen molar-refractivity contribution in [3.8, 4) is 29.1 Å². The third-order valence-electron chi connectivity index (χ3n) is 9.83. The van der Waals surface area contributed by atoms with Crippen molar-refractivity contribution in [1.82, 2.24) is 10.3 Å². The molecule has 0 atom stereocenters. The second-order valence-corrected chi connectivity index (χ2v) is 16.1. The Kier molecular flexibility index (Phi) is 12.5. The van der Waals surface area contributed by atoms with Gasteiger partial charge in [0.05, 0.1) is 39.4 Å². The topological polar surface area (TPSA) is 211 Å². The van der Waals surface area contributed by atoms with Crippen molar-refractivity contribution in [2.75, 3.05) is 42.8 Å². The molecular formula is C46H42N6O8S. The van der Waals surface area contributed by atoms with Crippen LogP contribution in [-0.4, -0.2) is 63.0 Å². The standard InChI is InChI=1S/C46H42N6O8S/c1-28-20-37(25-38-42(28)49-26-39(45(47)55)43(38)50-33-10-7-11-35(23-33)59-2)61(57,58)36-12-6-9-31(22-36)46(56)51-32-15-13-29(14-16-32)8-4-3-5-18-48-19-17-30-21-34(53)24-40-44(30)60-27-41(54)52-40/h6-7,9-16,20-26,48,53H,3,5,17-19,27H2,1-2H3,(H2,47,55)(H,49,50)(H,51,56)(H,52,54). The van der Waals surface area contributed by atoms with E-state index >= 15 is 0 Å². The number of carbonyl (C=O) groups is 3. The Hall–Kier alpha value is -7.41. The number of unbranched alkanes of at least 4 members (excludes halogenated alkanes) is 1. The Labute approximate surface area is 352 Å². The van der Waals surface area contributed by atoms with E-state index in [9.17, 15) is 27.9 Å². The Morgan fingerprint density at radius 2 is 1.77 bits per heavy atom. The van der Waals surface area contributed by atoms with E-state index in [1.807, 2.05) is 0 Å². The highest BCUT2D eigenvalue weighted by Gasteiger charge is 2.24. The molecule has 61 heavy (non-hydrogen) atoms. The lowest BCUT2D eigenvalue weighted by Gasteiger charge is -2.21. The first-order valence-corrected chi connectivity index (χ1v) is 20.8. The van der Waals surface area contributed by atoms with Gasteiger partial charge in [0.25, 0.3) is 17.7 Å². The number of carbonyl (C=O) groups excluding carboxylic acids is 3. The maximum atomic E-state index is 14.1. The first-order chi connectivity index (χ1) is 29.4. The van der Waals surface area contributed by atoms with Gasteiger partial charge in [-0.1, -0.05) is 24.0 Å². The monoisotopic (exact) mass is 838 g/mol. The minimum atomic E-state index is -4.17. The van der Waals surface area contributed by atoms with Gasteiger partial charge in [-0.05, 0) is 111 Å². The van der Waals surface area contributed by atoms with Crippen LogP contribution in [0.4, 0.5) is 22.7 Å². The number of fused-ring (bicyclic) bond motifs is 2. The first-order valence-electron chi connectivity index (χ1n) is 19.3. The zero-order valence-corrected chi connectivity index (χ0v) is 34.1. The molecule has 310 valence electrons. The number of phenolic OH excluding ortho intramolecular Hbond substituents is 1. The number of phenols is 1. The molecule has 15 heteroatoms. The van der Waals surface area contributed by atoms with Crippen LogP contribution in [0.5, 0.6) is 17.2 Å². The van der Waals surface area contributed by atoms with Crippen molar-refractivity contribution in [2.24, 2.45) is 5.73 Å². The minimum absolute atomic E-state index is 0.0539. The van der Waals surface area contributed by atoms with Gasteiger partial charge in [0.1, 0.15) is 17.2 Å². The van der Waals surface area contributed by atoms with Gasteiger partial charge in [-0.25, -0.2) is 8.42 Å². The number of benzene rings is 5. The number of sulfone groups is 1. The molecule has 7 N–H and O–H groups in total. The predicted octanol–water partition coefficient (Wildman–Crippen LogP) is 6.48. The van der Waals surface area contributed by atoms with Gasteiger partial charge < -0.3 is 41.6 Å². The lowest BCUT2D eigenvalue weighted by molar-refractivity contribution is -0.118. The lowest BCUT2D eigenvalue weighted by atomic mass is 10.1. The van der Waals surface area contributed by atoms with E-state index in [4.69, 9.17) is 15.2 Å². The molecule has 6 aromatic rings. The quantitative estimate of drug-likeness (QED) is 0.0516. The number of hydrogen-bond acceptors (Lipinski definition) is 11. The molecule has 0 spiro atoms. The average molecular weight is 839 g/mol. The van der Waals surface area contributed by atoms with Crippen LogP contribution in [-0.2, 0) is 21.1 Å². The van der Waals surface area contributed by atoms with E-state index in [1.165, 1.54) is 55.8 Å². The molecule has 1 aliphatic rings. The van der Waals surface area contributed by atoms with Crippen molar-refractivity contribution in [3.05, 3.63) is 131 Å². The fourth-order valence-corrected chi connectivity index (χ4v) is 8.23. The van der Waals surface area contributed by atoms with Crippen LogP contribution in [0, 0.1) is 18.8 Å². The third-order valence-corrected chi connectivity index (χ3v) is 11.6. The number of aromatic nitrogens is 1. The highest BCUT2D eigenvalue weighted by Crippen LogP contribution is 2.37.